The van der Waals surface area contributed by atoms with Crippen LogP contribution in [0.1, 0.15) is 22.8 Å². The molecule has 17 heavy (non-hydrogen) atoms. The lowest BCUT2D eigenvalue weighted by Gasteiger charge is -1.99. The van der Waals surface area contributed by atoms with Crippen molar-refractivity contribution in [3.05, 3.63) is 29.3 Å². The summed E-state index contributed by atoms with van der Waals surface area (Å²) in [6.45, 7) is 1.46. The van der Waals surface area contributed by atoms with Crippen LogP contribution in [0.25, 0.3) is 0 Å². The molecule has 0 spiro atoms. The zero-order valence-corrected chi connectivity index (χ0v) is 10.0. The molecule has 5 heteroatoms. The number of nitrogen functional groups attached to an aromatic ring is 1. The predicted octanol–water partition coefficient (Wildman–Crippen LogP) is 1.60. The fraction of sp³-hybridized carbons (Fsp3) is 0.167. The van der Waals surface area contributed by atoms with Crippen molar-refractivity contribution in [2.75, 3.05) is 11.5 Å². The van der Waals surface area contributed by atoms with E-state index in [-0.39, 0.29) is 10.7 Å². The van der Waals surface area contributed by atoms with E-state index in [2.05, 4.69) is 11.8 Å². The lowest BCUT2D eigenvalue weighted by atomic mass is 10.1. The lowest BCUT2D eigenvalue weighted by molar-refractivity contribution is -0.109. The second-order valence-electron chi connectivity index (χ2n) is 3.19. The van der Waals surface area contributed by atoms with E-state index in [1.807, 2.05) is 0 Å². The van der Waals surface area contributed by atoms with E-state index in [4.69, 9.17) is 10.8 Å². The Hall–Kier alpha value is -1.93. The van der Waals surface area contributed by atoms with Gasteiger partial charge < -0.3 is 10.8 Å². The minimum atomic E-state index is -1.02. The van der Waals surface area contributed by atoms with Gasteiger partial charge in [-0.2, -0.15) is 0 Å². The molecule has 1 aromatic rings. The number of thioether (sulfide) groups is 1. The molecule has 0 fully saturated rings. The van der Waals surface area contributed by atoms with Crippen LogP contribution in [0.5, 0.6) is 0 Å². The van der Waals surface area contributed by atoms with Crippen LogP contribution in [0.4, 0.5) is 5.69 Å². The lowest BCUT2D eigenvalue weighted by Crippen LogP contribution is -1.99. The van der Waals surface area contributed by atoms with Crippen molar-refractivity contribution in [1.82, 2.24) is 0 Å². The Morgan fingerprint density at radius 3 is 2.76 bits per heavy atom. The fourth-order valence-corrected chi connectivity index (χ4v) is 1.41. The van der Waals surface area contributed by atoms with Crippen molar-refractivity contribution in [2.24, 2.45) is 0 Å². The molecule has 0 heterocycles. The van der Waals surface area contributed by atoms with Crippen LogP contribution >= 0.6 is 11.8 Å². The van der Waals surface area contributed by atoms with Gasteiger partial charge in [-0.15, -0.1) is 0 Å². The van der Waals surface area contributed by atoms with Crippen LogP contribution in [0.15, 0.2) is 18.2 Å². The Labute approximate surface area is 103 Å². The monoisotopic (exact) mass is 249 g/mol. The molecule has 0 aromatic heterocycles. The van der Waals surface area contributed by atoms with Crippen molar-refractivity contribution >= 4 is 28.5 Å². The summed E-state index contributed by atoms with van der Waals surface area (Å²) >= 11 is 1.10. The smallest absolute Gasteiger partial charge is 0.335 e. The van der Waals surface area contributed by atoms with E-state index < -0.39 is 5.97 Å². The highest BCUT2D eigenvalue weighted by Crippen LogP contribution is 2.13. The number of benzene rings is 1. The molecule has 0 atom stereocenters. The third kappa shape index (κ3) is 4.21. The Morgan fingerprint density at radius 2 is 2.18 bits per heavy atom. The number of aromatic carboxylic acids is 1. The number of hydrogen-bond donors (Lipinski definition) is 2. The molecular weight excluding hydrogens is 238 g/mol. The number of carboxylic acid groups (broad SMARTS) is 1. The molecule has 0 bridgehead atoms. The molecule has 0 aliphatic rings. The number of hydrogen-bond acceptors (Lipinski definition) is 4. The summed E-state index contributed by atoms with van der Waals surface area (Å²) in [7, 11) is 0. The van der Waals surface area contributed by atoms with Crippen molar-refractivity contribution in [2.45, 2.75) is 6.92 Å². The minimum Gasteiger partial charge on any atom is -0.478 e. The SMILES string of the molecule is CC(=O)SCC#Cc1cc(C(=O)O)ccc1N. The van der Waals surface area contributed by atoms with Gasteiger partial charge in [-0.1, -0.05) is 23.6 Å². The van der Waals surface area contributed by atoms with E-state index in [1.165, 1.54) is 25.1 Å². The number of carbonyl (C=O) groups is 2. The van der Waals surface area contributed by atoms with Gasteiger partial charge in [-0.3, -0.25) is 4.79 Å². The van der Waals surface area contributed by atoms with Crippen LogP contribution in [-0.4, -0.2) is 21.9 Å². The molecule has 1 rings (SSSR count). The van der Waals surface area contributed by atoms with Gasteiger partial charge in [0, 0.05) is 18.2 Å². The van der Waals surface area contributed by atoms with Gasteiger partial charge in [0.2, 0.25) is 0 Å². The van der Waals surface area contributed by atoms with Crippen molar-refractivity contribution in [1.29, 1.82) is 0 Å². The Morgan fingerprint density at radius 1 is 1.47 bits per heavy atom. The highest BCUT2D eigenvalue weighted by molar-refractivity contribution is 8.13. The maximum absolute atomic E-state index is 10.7. The first-order chi connectivity index (χ1) is 8.00. The molecule has 4 nitrogen and oxygen atoms in total. The highest BCUT2D eigenvalue weighted by atomic mass is 32.2. The van der Waals surface area contributed by atoms with Crippen LogP contribution < -0.4 is 5.73 Å². The Bertz CT molecular complexity index is 514. The third-order valence-electron chi connectivity index (χ3n) is 1.87. The maximum atomic E-state index is 10.7. The predicted molar refractivity (Wildman–Crippen MR) is 67.8 cm³/mol. The molecule has 0 saturated carbocycles. The van der Waals surface area contributed by atoms with E-state index in [0.717, 1.165) is 11.8 Å². The Balaban J connectivity index is 2.86. The number of rotatable bonds is 2. The molecule has 0 aliphatic heterocycles. The van der Waals surface area contributed by atoms with Gasteiger partial charge in [-0.25, -0.2) is 4.79 Å². The van der Waals surface area contributed by atoms with Gasteiger partial charge in [0.25, 0.3) is 0 Å². The van der Waals surface area contributed by atoms with Crippen LogP contribution in [-0.2, 0) is 4.79 Å². The second kappa shape index (κ2) is 5.97. The second-order valence-corrected chi connectivity index (χ2v) is 4.34. The van der Waals surface area contributed by atoms with Crippen LogP contribution in [0, 0.1) is 11.8 Å². The van der Waals surface area contributed by atoms with Crippen LogP contribution in [0.3, 0.4) is 0 Å². The summed E-state index contributed by atoms with van der Waals surface area (Å²) in [5.41, 5.74) is 6.70. The first kappa shape index (κ1) is 13.1. The molecule has 0 saturated heterocycles. The van der Waals surface area contributed by atoms with Crippen LogP contribution in [0.2, 0.25) is 0 Å². The fourth-order valence-electron chi connectivity index (χ4n) is 1.07. The molecule has 0 radical (unpaired) electrons. The maximum Gasteiger partial charge on any atom is 0.335 e. The normalized spacial score (nSPS) is 9.24. The quantitative estimate of drug-likeness (QED) is 0.614. The summed E-state index contributed by atoms with van der Waals surface area (Å²) in [5, 5.41) is 8.80. The summed E-state index contributed by atoms with van der Waals surface area (Å²) in [6.07, 6.45) is 0. The molecule has 1 aromatic carbocycles. The minimum absolute atomic E-state index is 0.00782. The average molecular weight is 249 g/mol. The molecular formula is C12H11NO3S. The molecule has 0 aliphatic carbocycles. The van der Waals surface area contributed by atoms with Gasteiger partial charge in [-0.05, 0) is 18.2 Å². The van der Waals surface area contributed by atoms with Gasteiger partial charge >= 0.3 is 5.97 Å². The largest absolute Gasteiger partial charge is 0.478 e. The topological polar surface area (TPSA) is 80.4 Å². The first-order valence-corrected chi connectivity index (χ1v) is 5.74. The van der Waals surface area contributed by atoms with E-state index in [1.54, 1.807) is 0 Å². The summed E-state index contributed by atoms with van der Waals surface area (Å²) in [6, 6.07) is 4.35. The zero-order chi connectivity index (χ0) is 12.8. The van der Waals surface area contributed by atoms with Crippen molar-refractivity contribution in [3.63, 3.8) is 0 Å². The standard InChI is InChI=1S/C12H11NO3S/c1-8(14)17-6-2-3-9-7-10(12(15)16)4-5-11(9)13/h4-5,7H,6,13H2,1H3,(H,15,16). The average Bonchev–Trinajstić information content (AvgIpc) is 2.25. The van der Waals surface area contributed by atoms with Crippen molar-refractivity contribution < 1.29 is 14.7 Å². The van der Waals surface area contributed by atoms with Gasteiger partial charge in [0.05, 0.1) is 11.3 Å². The summed E-state index contributed by atoms with van der Waals surface area (Å²) < 4.78 is 0. The zero-order valence-electron chi connectivity index (χ0n) is 9.19. The molecule has 0 unspecified atom stereocenters. The molecule has 88 valence electrons. The molecule has 3 N–H and O–H groups in total. The number of carbonyl (C=O) groups excluding carboxylic acids is 1. The van der Waals surface area contributed by atoms with Gasteiger partial charge in [0.15, 0.2) is 5.12 Å². The highest BCUT2D eigenvalue weighted by Gasteiger charge is 2.04. The summed E-state index contributed by atoms with van der Waals surface area (Å²) in [4.78, 5) is 21.4. The number of nitrogens with two attached hydrogens (primary N) is 1. The van der Waals surface area contributed by atoms with E-state index >= 15 is 0 Å². The Kier molecular flexibility index (Phi) is 4.61. The van der Waals surface area contributed by atoms with Crippen molar-refractivity contribution in [3.8, 4) is 11.8 Å². The van der Waals surface area contributed by atoms with E-state index in [0.29, 0.717) is 17.0 Å². The van der Waals surface area contributed by atoms with Gasteiger partial charge in [0.1, 0.15) is 0 Å². The first-order valence-electron chi connectivity index (χ1n) is 4.75. The third-order valence-corrected chi connectivity index (χ3v) is 2.57. The number of anilines is 1. The number of carboxylic acids is 1. The van der Waals surface area contributed by atoms with E-state index in [9.17, 15) is 9.59 Å². The summed E-state index contributed by atoms with van der Waals surface area (Å²) in [5.74, 6) is 4.86. The molecule has 0 amide bonds.